The summed E-state index contributed by atoms with van der Waals surface area (Å²) in [7, 11) is 0. The number of nitrogens with zero attached hydrogens (tertiary/aromatic N) is 8. The van der Waals surface area contributed by atoms with E-state index in [1.807, 2.05) is 29.2 Å². The van der Waals surface area contributed by atoms with E-state index in [2.05, 4.69) is 21.3 Å². The molecule has 1 atom stereocenters. The van der Waals surface area contributed by atoms with E-state index in [-0.39, 0.29) is 18.5 Å². The van der Waals surface area contributed by atoms with E-state index in [4.69, 9.17) is 16.1 Å². The molecule has 0 aliphatic carbocycles. The Morgan fingerprint density at radius 1 is 1.16 bits per heavy atom. The molecular weight excluding hydrogens is 423 g/mol. The quantitative estimate of drug-likeness (QED) is 0.345. The number of rotatable bonds is 2. The second-order valence-corrected chi connectivity index (χ2v) is 7.32. The summed E-state index contributed by atoms with van der Waals surface area (Å²) in [5, 5.41) is 17.0. The van der Waals surface area contributed by atoms with Gasteiger partial charge < -0.3 is 4.52 Å². The van der Waals surface area contributed by atoms with Crippen LogP contribution in [0.1, 0.15) is 5.56 Å². The van der Waals surface area contributed by atoms with Gasteiger partial charge in [-0.05, 0) is 36.4 Å². The van der Waals surface area contributed by atoms with Gasteiger partial charge in [0.2, 0.25) is 5.82 Å². The van der Waals surface area contributed by atoms with Crippen LogP contribution in [0.4, 0.5) is 16.1 Å². The molecule has 0 fully saturated rings. The van der Waals surface area contributed by atoms with Crippen molar-refractivity contribution in [2.24, 2.45) is 4.99 Å². The maximum absolute atomic E-state index is 13.2. The van der Waals surface area contributed by atoms with Gasteiger partial charge in [0.1, 0.15) is 12.5 Å². The van der Waals surface area contributed by atoms with E-state index in [0.29, 0.717) is 23.0 Å². The predicted molar refractivity (Wildman–Crippen MR) is 110 cm³/mol. The lowest BCUT2D eigenvalue weighted by Crippen LogP contribution is -2.50. The number of hydrazine groups is 1. The molecule has 3 aromatic rings. The molecular formula is C20H12ClFN8O. The van der Waals surface area contributed by atoms with Crippen LogP contribution in [-0.4, -0.2) is 38.2 Å². The summed E-state index contributed by atoms with van der Waals surface area (Å²) in [5.74, 6) is 1.30. The molecule has 0 saturated heterocycles. The van der Waals surface area contributed by atoms with Crippen molar-refractivity contribution in [2.45, 2.75) is 5.62 Å². The molecule has 11 heteroatoms. The highest BCUT2D eigenvalue weighted by atomic mass is 35.5. The number of hydrogen-bond acceptors (Lipinski definition) is 9. The number of aromatic nitrogens is 2. The standard InChI is InChI=1S/C20H12ClFN8O/c21-19-27(10-23)9-16-29(19)15-4-2-1-3-14(15)18-24-11-28(30(16)18)20-25-17(26-31-20)12-5-7-13(22)8-6-12/h1-9,19H,11H2. The summed E-state index contributed by atoms with van der Waals surface area (Å²) < 4.78 is 18.7. The van der Waals surface area contributed by atoms with Crippen LogP contribution < -0.4 is 9.91 Å². The first-order valence-corrected chi connectivity index (χ1v) is 9.73. The van der Waals surface area contributed by atoms with Crippen molar-refractivity contribution in [3.05, 3.63) is 71.9 Å². The first kappa shape index (κ1) is 17.7. The zero-order valence-corrected chi connectivity index (χ0v) is 16.5. The Labute approximate surface area is 180 Å². The van der Waals surface area contributed by atoms with Gasteiger partial charge in [0.25, 0.3) is 0 Å². The van der Waals surface area contributed by atoms with Crippen molar-refractivity contribution in [2.75, 3.05) is 16.6 Å². The Kier molecular flexibility index (Phi) is 3.69. The normalized spacial score (nSPS) is 18.9. The summed E-state index contributed by atoms with van der Waals surface area (Å²) in [6.45, 7) is 0.236. The molecule has 31 heavy (non-hydrogen) atoms. The summed E-state index contributed by atoms with van der Waals surface area (Å²) >= 11 is 6.57. The van der Waals surface area contributed by atoms with Crippen LogP contribution in [0.2, 0.25) is 0 Å². The molecule has 152 valence electrons. The van der Waals surface area contributed by atoms with Crippen LogP contribution >= 0.6 is 11.6 Å². The third-order valence-corrected chi connectivity index (χ3v) is 5.62. The van der Waals surface area contributed by atoms with Crippen molar-refractivity contribution >= 4 is 29.1 Å². The van der Waals surface area contributed by atoms with Crippen LogP contribution in [0.5, 0.6) is 0 Å². The van der Waals surface area contributed by atoms with Gasteiger partial charge in [0.15, 0.2) is 23.5 Å². The maximum atomic E-state index is 13.2. The van der Waals surface area contributed by atoms with Crippen molar-refractivity contribution < 1.29 is 8.91 Å². The smallest absolute Gasteiger partial charge is 0.313 e. The monoisotopic (exact) mass is 434 g/mol. The first-order chi connectivity index (χ1) is 15.2. The number of halogens is 2. The van der Waals surface area contributed by atoms with Gasteiger partial charge in [-0.3, -0.25) is 4.90 Å². The van der Waals surface area contributed by atoms with Crippen LogP contribution in [0.3, 0.4) is 0 Å². The molecule has 6 rings (SSSR count). The van der Waals surface area contributed by atoms with Gasteiger partial charge in [-0.25, -0.2) is 24.3 Å². The number of alkyl halides is 1. The van der Waals surface area contributed by atoms with Crippen molar-refractivity contribution in [3.8, 4) is 17.6 Å². The average Bonchev–Trinajstić information content (AvgIpc) is 3.51. The largest absolute Gasteiger partial charge is 0.345 e. The minimum Gasteiger partial charge on any atom is -0.313 e. The van der Waals surface area contributed by atoms with Gasteiger partial charge >= 0.3 is 6.01 Å². The predicted octanol–water partition coefficient (Wildman–Crippen LogP) is 3.25. The molecule has 2 aromatic carbocycles. The number of hydrogen-bond donors (Lipinski definition) is 0. The van der Waals surface area contributed by atoms with Gasteiger partial charge in [-0.2, -0.15) is 10.2 Å². The highest BCUT2D eigenvalue weighted by Crippen LogP contribution is 2.43. The summed E-state index contributed by atoms with van der Waals surface area (Å²) in [6.07, 6.45) is 3.73. The molecule has 0 radical (unpaired) electrons. The fourth-order valence-corrected chi connectivity index (χ4v) is 4.12. The Morgan fingerprint density at radius 3 is 2.77 bits per heavy atom. The highest BCUT2D eigenvalue weighted by Gasteiger charge is 2.47. The maximum Gasteiger partial charge on any atom is 0.345 e. The molecule has 0 spiro atoms. The highest BCUT2D eigenvalue weighted by molar-refractivity contribution is 6.23. The number of para-hydroxylation sites is 1. The van der Waals surface area contributed by atoms with Crippen molar-refractivity contribution in [1.29, 1.82) is 5.26 Å². The fourth-order valence-electron chi connectivity index (χ4n) is 3.82. The molecule has 0 saturated carbocycles. The lowest BCUT2D eigenvalue weighted by atomic mass is 10.1. The van der Waals surface area contributed by atoms with Crippen LogP contribution in [0.25, 0.3) is 11.4 Å². The molecule has 4 heterocycles. The minimum atomic E-state index is -0.720. The molecule has 0 N–H and O–H groups in total. The van der Waals surface area contributed by atoms with Crippen molar-refractivity contribution in [3.63, 3.8) is 0 Å². The Hall–Kier alpha value is -4.10. The molecule has 0 bridgehead atoms. The summed E-state index contributed by atoms with van der Waals surface area (Å²) in [4.78, 5) is 12.3. The third-order valence-electron chi connectivity index (χ3n) is 5.22. The van der Waals surface area contributed by atoms with Gasteiger partial charge in [-0.15, -0.1) is 0 Å². The number of aliphatic imine (C=N–C) groups is 1. The summed E-state index contributed by atoms with van der Waals surface area (Å²) in [6, 6.07) is 13.7. The van der Waals surface area contributed by atoms with E-state index in [0.717, 1.165) is 11.3 Å². The number of nitriles is 1. The van der Waals surface area contributed by atoms with Crippen molar-refractivity contribution in [1.82, 2.24) is 20.0 Å². The van der Waals surface area contributed by atoms with E-state index in [1.165, 1.54) is 17.0 Å². The van der Waals surface area contributed by atoms with Crippen LogP contribution in [0, 0.1) is 17.3 Å². The topological polar surface area (TPSA) is 88.0 Å². The lowest BCUT2D eigenvalue weighted by Gasteiger charge is -2.40. The second kappa shape index (κ2) is 6.45. The first-order valence-electron chi connectivity index (χ1n) is 9.30. The SMILES string of the molecule is N#CN1C=C2N(c3ccccc3C3=NCN(c4nc(-c5ccc(F)cc5)no4)N23)C1Cl. The van der Waals surface area contributed by atoms with E-state index in [1.54, 1.807) is 28.4 Å². The van der Waals surface area contributed by atoms with Gasteiger partial charge in [0.05, 0.1) is 11.9 Å². The Morgan fingerprint density at radius 2 is 1.97 bits per heavy atom. The lowest BCUT2D eigenvalue weighted by molar-refractivity contribution is 0.368. The van der Waals surface area contributed by atoms with E-state index in [9.17, 15) is 9.65 Å². The minimum absolute atomic E-state index is 0.208. The van der Waals surface area contributed by atoms with Crippen LogP contribution in [0.15, 0.2) is 70.1 Å². The molecule has 1 unspecified atom stereocenters. The molecule has 1 aromatic heterocycles. The average molecular weight is 435 g/mol. The molecule has 3 aliphatic heterocycles. The number of fused-ring (bicyclic) bond motifs is 6. The zero-order valence-electron chi connectivity index (χ0n) is 15.7. The number of benzene rings is 2. The molecule has 0 amide bonds. The number of amidine groups is 1. The third kappa shape index (κ3) is 2.50. The second-order valence-electron chi connectivity index (χ2n) is 6.93. The summed E-state index contributed by atoms with van der Waals surface area (Å²) in [5.41, 5.74) is 1.62. The molecule has 3 aliphatic rings. The Bertz CT molecular complexity index is 1300. The zero-order chi connectivity index (χ0) is 21.1. The van der Waals surface area contributed by atoms with E-state index < -0.39 is 5.62 Å². The number of anilines is 2. The van der Waals surface area contributed by atoms with Gasteiger partial charge in [-0.1, -0.05) is 28.9 Å². The van der Waals surface area contributed by atoms with E-state index >= 15 is 0 Å². The fraction of sp³-hybridized carbons (Fsp3) is 0.100. The molecule has 9 nitrogen and oxygen atoms in total. The van der Waals surface area contributed by atoms with Gasteiger partial charge in [0, 0.05) is 11.1 Å². The van der Waals surface area contributed by atoms with Crippen LogP contribution in [-0.2, 0) is 0 Å². The Balaban J connectivity index is 1.43.